The number of benzene rings is 1. The van der Waals surface area contributed by atoms with E-state index in [1.807, 2.05) is 43.3 Å². The van der Waals surface area contributed by atoms with Crippen LogP contribution in [0.3, 0.4) is 0 Å². The molecular weight excluding hydrogens is 296 g/mol. The molecule has 0 saturated carbocycles. The highest BCUT2D eigenvalue weighted by Crippen LogP contribution is 2.26. The van der Waals surface area contributed by atoms with Crippen LogP contribution in [0.5, 0.6) is 5.75 Å². The molecule has 3 aromatic rings. The summed E-state index contributed by atoms with van der Waals surface area (Å²) in [7, 11) is 1.66. The van der Waals surface area contributed by atoms with E-state index in [1.165, 1.54) is 0 Å². The van der Waals surface area contributed by atoms with Gasteiger partial charge >= 0.3 is 0 Å². The molecule has 22 heavy (non-hydrogen) atoms. The minimum absolute atomic E-state index is 0.698. The van der Waals surface area contributed by atoms with Crippen LogP contribution in [0.2, 0.25) is 0 Å². The number of aromatic nitrogens is 4. The molecule has 0 saturated heterocycles. The van der Waals surface area contributed by atoms with Gasteiger partial charge in [0, 0.05) is 17.5 Å². The third kappa shape index (κ3) is 3.28. The first-order valence-corrected chi connectivity index (χ1v) is 7.85. The van der Waals surface area contributed by atoms with E-state index >= 15 is 0 Å². The summed E-state index contributed by atoms with van der Waals surface area (Å²) in [6.45, 7) is 2.02. The van der Waals surface area contributed by atoms with Gasteiger partial charge in [0.05, 0.1) is 12.8 Å². The number of hydrogen-bond donors (Lipinski definition) is 1. The number of nitrogens with zero attached hydrogens (tertiary/aromatic N) is 3. The molecule has 0 unspecified atom stereocenters. The van der Waals surface area contributed by atoms with Gasteiger partial charge in [0.15, 0.2) is 11.0 Å². The second-order valence-corrected chi connectivity index (χ2v) is 5.72. The van der Waals surface area contributed by atoms with Crippen molar-refractivity contribution in [2.24, 2.45) is 0 Å². The van der Waals surface area contributed by atoms with Gasteiger partial charge in [0.2, 0.25) is 0 Å². The maximum absolute atomic E-state index is 5.22. The number of rotatable bonds is 5. The number of H-pyrrole nitrogens is 1. The highest BCUT2D eigenvalue weighted by molar-refractivity contribution is 7.98. The molecule has 5 nitrogen and oxygen atoms in total. The first kappa shape index (κ1) is 14.6. The Balaban J connectivity index is 1.73. The van der Waals surface area contributed by atoms with Gasteiger partial charge in [-0.3, -0.25) is 10.1 Å². The molecule has 0 radical (unpaired) electrons. The molecule has 0 aliphatic carbocycles. The van der Waals surface area contributed by atoms with E-state index in [1.54, 1.807) is 25.1 Å². The number of hydrogen-bond acceptors (Lipinski definition) is 5. The lowest BCUT2D eigenvalue weighted by Gasteiger charge is -2.04. The van der Waals surface area contributed by atoms with E-state index in [0.29, 0.717) is 5.82 Å². The number of methoxy groups -OCH3 is 1. The zero-order valence-corrected chi connectivity index (χ0v) is 13.2. The summed E-state index contributed by atoms with van der Waals surface area (Å²) in [6.07, 6.45) is 1.79. The Labute approximate surface area is 133 Å². The fourth-order valence-corrected chi connectivity index (χ4v) is 2.79. The molecule has 0 amide bonds. The zero-order valence-electron chi connectivity index (χ0n) is 12.4. The summed E-state index contributed by atoms with van der Waals surface area (Å²) in [5.74, 6) is 2.29. The second-order valence-electron chi connectivity index (χ2n) is 4.75. The van der Waals surface area contributed by atoms with Crippen molar-refractivity contribution in [2.75, 3.05) is 7.11 Å². The van der Waals surface area contributed by atoms with Crippen molar-refractivity contribution in [1.82, 2.24) is 20.2 Å². The standard InChI is InChI=1S/C16H16N4OS/c1-11-9-13(21-2)6-7-14(11)15-18-16(20-19-15)22-10-12-5-3-4-8-17-12/h3-9H,10H2,1-2H3,(H,18,19,20). The number of aryl methyl sites for hydroxylation is 1. The Morgan fingerprint density at radius 2 is 2.14 bits per heavy atom. The van der Waals surface area contributed by atoms with Gasteiger partial charge in [-0.2, -0.15) is 5.10 Å². The molecule has 2 aromatic heterocycles. The highest BCUT2D eigenvalue weighted by Gasteiger charge is 2.10. The lowest BCUT2D eigenvalue weighted by Crippen LogP contribution is -1.89. The van der Waals surface area contributed by atoms with Crippen LogP contribution in [0, 0.1) is 6.92 Å². The normalized spacial score (nSPS) is 10.6. The smallest absolute Gasteiger partial charge is 0.184 e. The number of thioether (sulfide) groups is 1. The Kier molecular flexibility index (Phi) is 4.39. The van der Waals surface area contributed by atoms with Gasteiger partial charge in [-0.25, -0.2) is 4.98 Å². The van der Waals surface area contributed by atoms with E-state index in [2.05, 4.69) is 20.2 Å². The van der Waals surface area contributed by atoms with Crippen LogP contribution in [-0.4, -0.2) is 27.3 Å². The monoisotopic (exact) mass is 312 g/mol. The van der Waals surface area contributed by atoms with Crippen molar-refractivity contribution >= 4 is 11.8 Å². The van der Waals surface area contributed by atoms with Crippen molar-refractivity contribution in [3.63, 3.8) is 0 Å². The Morgan fingerprint density at radius 1 is 1.23 bits per heavy atom. The van der Waals surface area contributed by atoms with E-state index in [-0.39, 0.29) is 0 Å². The molecule has 1 N–H and O–H groups in total. The zero-order chi connectivity index (χ0) is 15.4. The topological polar surface area (TPSA) is 63.7 Å². The molecule has 0 aliphatic rings. The van der Waals surface area contributed by atoms with Crippen molar-refractivity contribution in [2.45, 2.75) is 17.8 Å². The maximum Gasteiger partial charge on any atom is 0.184 e. The fraction of sp³-hybridized carbons (Fsp3) is 0.188. The molecule has 0 fully saturated rings. The molecular formula is C16H16N4OS. The van der Waals surface area contributed by atoms with Gasteiger partial charge in [0.1, 0.15) is 5.75 Å². The second kappa shape index (κ2) is 6.62. The molecule has 112 valence electrons. The number of aromatic amines is 1. The molecule has 3 rings (SSSR count). The van der Waals surface area contributed by atoms with Gasteiger partial charge in [-0.15, -0.1) is 0 Å². The largest absolute Gasteiger partial charge is 0.497 e. The van der Waals surface area contributed by atoms with Crippen molar-refractivity contribution in [1.29, 1.82) is 0 Å². The van der Waals surface area contributed by atoms with Gasteiger partial charge in [0.25, 0.3) is 0 Å². The minimum Gasteiger partial charge on any atom is -0.497 e. The quantitative estimate of drug-likeness (QED) is 0.731. The number of nitrogens with one attached hydrogen (secondary N) is 1. The predicted octanol–water partition coefficient (Wildman–Crippen LogP) is 3.48. The third-order valence-electron chi connectivity index (χ3n) is 3.22. The first-order chi connectivity index (χ1) is 10.8. The Hall–Kier alpha value is -2.34. The summed E-state index contributed by atoms with van der Waals surface area (Å²) in [4.78, 5) is 8.83. The van der Waals surface area contributed by atoms with E-state index in [9.17, 15) is 0 Å². The minimum atomic E-state index is 0.698. The summed E-state index contributed by atoms with van der Waals surface area (Å²) in [6, 6.07) is 11.8. The maximum atomic E-state index is 5.22. The molecule has 0 spiro atoms. The van der Waals surface area contributed by atoms with Gasteiger partial charge in [-0.05, 0) is 42.8 Å². The van der Waals surface area contributed by atoms with E-state index in [4.69, 9.17) is 4.74 Å². The molecule has 0 bridgehead atoms. The Morgan fingerprint density at radius 3 is 2.86 bits per heavy atom. The Bertz CT molecular complexity index is 758. The molecule has 0 atom stereocenters. The van der Waals surface area contributed by atoms with Crippen LogP contribution in [0.25, 0.3) is 11.4 Å². The van der Waals surface area contributed by atoms with Crippen LogP contribution in [0.4, 0.5) is 0 Å². The molecule has 6 heteroatoms. The predicted molar refractivity (Wildman–Crippen MR) is 86.9 cm³/mol. The highest BCUT2D eigenvalue weighted by atomic mass is 32.2. The first-order valence-electron chi connectivity index (χ1n) is 6.86. The van der Waals surface area contributed by atoms with Crippen LogP contribution < -0.4 is 4.74 Å². The third-order valence-corrected chi connectivity index (χ3v) is 4.12. The molecule has 1 aromatic carbocycles. The molecule has 2 heterocycles. The van der Waals surface area contributed by atoms with E-state index in [0.717, 1.165) is 33.5 Å². The van der Waals surface area contributed by atoms with Gasteiger partial charge < -0.3 is 4.74 Å². The summed E-state index contributed by atoms with van der Waals surface area (Å²) < 4.78 is 5.22. The number of ether oxygens (including phenoxy) is 1. The summed E-state index contributed by atoms with van der Waals surface area (Å²) in [5.41, 5.74) is 3.10. The van der Waals surface area contributed by atoms with Gasteiger partial charge in [-0.1, -0.05) is 17.8 Å². The van der Waals surface area contributed by atoms with Crippen LogP contribution >= 0.6 is 11.8 Å². The van der Waals surface area contributed by atoms with Crippen LogP contribution in [0.15, 0.2) is 47.8 Å². The van der Waals surface area contributed by atoms with E-state index < -0.39 is 0 Å². The van der Waals surface area contributed by atoms with Crippen molar-refractivity contribution in [3.05, 3.63) is 53.9 Å². The van der Waals surface area contributed by atoms with Crippen molar-refractivity contribution in [3.8, 4) is 17.1 Å². The van der Waals surface area contributed by atoms with Crippen LogP contribution in [0.1, 0.15) is 11.3 Å². The average molecular weight is 312 g/mol. The average Bonchev–Trinajstić information content (AvgIpc) is 3.02. The van der Waals surface area contributed by atoms with Crippen molar-refractivity contribution < 1.29 is 4.74 Å². The lowest BCUT2D eigenvalue weighted by molar-refractivity contribution is 0.414. The lowest BCUT2D eigenvalue weighted by atomic mass is 10.1. The SMILES string of the molecule is COc1ccc(-c2n[nH]c(SCc3ccccn3)n2)c(C)c1. The van der Waals surface area contributed by atoms with Crippen LogP contribution in [-0.2, 0) is 5.75 Å². The fourth-order valence-electron chi connectivity index (χ4n) is 2.07. The summed E-state index contributed by atoms with van der Waals surface area (Å²) in [5, 5.41) is 8.06. The molecule has 0 aliphatic heterocycles. The number of pyridine rings is 1. The summed E-state index contributed by atoms with van der Waals surface area (Å²) >= 11 is 1.59.